The summed E-state index contributed by atoms with van der Waals surface area (Å²) < 4.78 is 1.56. The summed E-state index contributed by atoms with van der Waals surface area (Å²) in [7, 11) is 1.62. The van der Waals surface area contributed by atoms with E-state index < -0.39 is 5.56 Å². The summed E-state index contributed by atoms with van der Waals surface area (Å²) in [6, 6.07) is 22.5. The largest absolute Gasteiger partial charge is 0.494 e. The first-order valence-corrected chi connectivity index (χ1v) is 11.2. The van der Waals surface area contributed by atoms with Crippen molar-refractivity contribution >= 4 is 46.2 Å². The molecular formula is C24H19N3O2S2. The lowest BCUT2D eigenvalue weighted by Gasteiger charge is -2.18. The van der Waals surface area contributed by atoms with Crippen LogP contribution in [0.2, 0.25) is 0 Å². The number of thioether (sulfide) groups is 1. The Labute approximate surface area is 188 Å². The monoisotopic (exact) mass is 445 g/mol. The van der Waals surface area contributed by atoms with Crippen LogP contribution in [-0.4, -0.2) is 20.4 Å². The lowest BCUT2D eigenvalue weighted by Crippen LogP contribution is -2.23. The fourth-order valence-electron chi connectivity index (χ4n) is 3.94. The molecule has 0 saturated carbocycles. The van der Waals surface area contributed by atoms with Crippen LogP contribution in [0.25, 0.3) is 10.8 Å². The molecule has 2 heterocycles. The minimum Gasteiger partial charge on any atom is -0.494 e. The van der Waals surface area contributed by atoms with Crippen molar-refractivity contribution in [3.63, 3.8) is 0 Å². The second-order valence-corrected chi connectivity index (χ2v) is 9.05. The molecule has 3 aromatic carbocycles. The first-order valence-electron chi connectivity index (χ1n) is 9.86. The van der Waals surface area contributed by atoms with E-state index in [-0.39, 0.29) is 21.5 Å². The normalized spacial score (nSPS) is 15.9. The van der Waals surface area contributed by atoms with Crippen LogP contribution in [0.3, 0.4) is 0 Å². The van der Waals surface area contributed by atoms with E-state index in [4.69, 9.17) is 17.2 Å². The van der Waals surface area contributed by atoms with Gasteiger partial charge in [-0.2, -0.15) is 0 Å². The average Bonchev–Trinajstić information content (AvgIpc) is 2.96. The molecule has 0 bridgehead atoms. The van der Waals surface area contributed by atoms with Crippen molar-refractivity contribution in [3.8, 4) is 5.88 Å². The maximum absolute atomic E-state index is 12.8. The van der Waals surface area contributed by atoms with E-state index in [1.54, 1.807) is 18.8 Å². The highest BCUT2D eigenvalue weighted by Crippen LogP contribution is 2.47. The Morgan fingerprint density at radius 3 is 2.71 bits per heavy atom. The molecule has 154 valence electrons. The zero-order valence-corrected chi connectivity index (χ0v) is 18.3. The molecule has 1 aliphatic heterocycles. The third kappa shape index (κ3) is 3.49. The Bertz CT molecular complexity index is 1460. The Hall–Kier alpha value is -3.16. The molecule has 2 N–H and O–H groups in total. The van der Waals surface area contributed by atoms with Crippen LogP contribution in [0, 0.1) is 4.77 Å². The van der Waals surface area contributed by atoms with Gasteiger partial charge < -0.3 is 5.11 Å². The molecule has 7 heteroatoms. The summed E-state index contributed by atoms with van der Waals surface area (Å²) in [5, 5.41) is 13.1. The molecule has 31 heavy (non-hydrogen) atoms. The van der Waals surface area contributed by atoms with Gasteiger partial charge in [-0.25, -0.2) is 0 Å². The second-order valence-electron chi connectivity index (χ2n) is 7.42. The van der Waals surface area contributed by atoms with Crippen LogP contribution in [0.4, 0.5) is 5.69 Å². The lowest BCUT2D eigenvalue weighted by atomic mass is 9.97. The topological polar surface area (TPSA) is 70.4 Å². The van der Waals surface area contributed by atoms with Gasteiger partial charge in [0.2, 0.25) is 5.88 Å². The van der Waals surface area contributed by atoms with E-state index in [9.17, 15) is 9.90 Å². The molecule has 0 fully saturated rings. The number of nitrogens with zero attached hydrogens (tertiary/aromatic N) is 2. The highest BCUT2D eigenvalue weighted by Gasteiger charge is 2.27. The van der Waals surface area contributed by atoms with Crippen LogP contribution >= 0.6 is 24.0 Å². The zero-order chi connectivity index (χ0) is 21.5. The Kier molecular flexibility index (Phi) is 5.00. The molecule has 0 spiro atoms. The predicted molar refractivity (Wildman–Crippen MR) is 128 cm³/mol. The number of para-hydroxylation sites is 1. The third-order valence-corrected chi connectivity index (χ3v) is 7.20. The number of hydrogen-bond donors (Lipinski definition) is 2. The number of aromatic hydroxyl groups is 1. The van der Waals surface area contributed by atoms with E-state index in [0.717, 1.165) is 10.6 Å². The first-order chi connectivity index (χ1) is 15.0. The van der Waals surface area contributed by atoms with Gasteiger partial charge >= 0.3 is 0 Å². The number of fused-ring (bicyclic) bond motifs is 2. The molecule has 4 aromatic rings. The highest BCUT2D eigenvalue weighted by molar-refractivity contribution is 7.99. The molecule has 1 aliphatic rings. The Morgan fingerprint density at radius 1 is 1.10 bits per heavy atom. The molecule has 5 nitrogen and oxygen atoms in total. The van der Waals surface area contributed by atoms with Gasteiger partial charge in [0.1, 0.15) is 5.56 Å². The fraction of sp³-hybridized carbons (Fsp3) is 0.125. The quantitative estimate of drug-likeness (QED) is 0.391. The summed E-state index contributed by atoms with van der Waals surface area (Å²) in [6.45, 7) is 0. The van der Waals surface area contributed by atoms with Crippen molar-refractivity contribution < 1.29 is 5.11 Å². The zero-order valence-electron chi connectivity index (χ0n) is 16.7. The third-order valence-electron chi connectivity index (χ3n) is 5.52. The molecule has 1 aromatic heterocycles. The van der Waals surface area contributed by atoms with Crippen LogP contribution in [0.5, 0.6) is 5.88 Å². The number of aromatic nitrogens is 2. The Balaban J connectivity index is 1.73. The van der Waals surface area contributed by atoms with Crippen molar-refractivity contribution in [1.29, 1.82) is 0 Å². The summed E-state index contributed by atoms with van der Waals surface area (Å²) >= 11 is 6.86. The minimum absolute atomic E-state index is 0.0146. The van der Waals surface area contributed by atoms with Crippen LogP contribution in [0.15, 0.2) is 81.4 Å². The predicted octanol–water partition coefficient (Wildman–Crippen LogP) is 5.66. The van der Waals surface area contributed by atoms with Crippen LogP contribution in [0.1, 0.15) is 22.8 Å². The van der Waals surface area contributed by atoms with Crippen molar-refractivity contribution in [2.75, 3.05) is 0 Å². The number of H-pyrrole nitrogens is 1. The van der Waals surface area contributed by atoms with E-state index in [2.05, 4.69) is 35.3 Å². The summed E-state index contributed by atoms with van der Waals surface area (Å²) in [5.74, 6) is -0.173. The van der Waals surface area contributed by atoms with E-state index >= 15 is 0 Å². The van der Waals surface area contributed by atoms with Gasteiger partial charge in [-0.1, -0.05) is 54.6 Å². The molecular weight excluding hydrogens is 426 g/mol. The first kappa shape index (κ1) is 19.8. The maximum Gasteiger partial charge on any atom is 0.264 e. The number of aliphatic imine (C=N–C) groups is 1. The number of benzene rings is 3. The van der Waals surface area contributed by atoms with Gasteiger partial charge in [-0.15, -0.1) is 11.8 Å². The number of aromatic amines is 1. The molecule has 0 saturated heterocycles. The molecule has 5 rings (SSSR count). The fourth-order valence-corrected chi connectivity index (χ4v) is 5.39. The molecule has 0 radical (unpaired) electrons. The van der Waals surface area contributed by atoms with Crippen molar-refractivity contribution in [1.82, 2.24) is 9.55 Å². The van der Waals surface area contributed by atoms with E-state index in [1.165, 1.54) is 20.9 Å². The van der Waals surface area contributed by atoms with Gasteiger partial charge in [0.05, 0.1) is 11.4 Å². The Morgan fingerprint density at radius 2 is 1.84 bits per heavy atom. The SMILES string of the molecule is Cn1c(O)c(C2=Nc3ccccc3SC(c3cccc4ccccc34)C2)c(=O)[nH]c1=S. The molecule has 0 aliphatic carbocycles. The smallest absolute Gasteiger partial charge is 0.264 e. The highest BCUT2D eigenvalue weighted by atomic mass is 32.2. The molecule has 1 atom stereocenters. The van der Waals surface area contributed by atoms with Gasteiger partial charge in [0.25, 0.3) is 5.56 Å². The van der Waals surface area contributed by atoms with Crippen LogP contribution < -0.4 is 5.56 Å². The summed E-state index contributed by atoms with van der Waals surface area (Å²) in [4.78, 5) is 21.3. The second kappa shape index (κ2) is 7.83. The van der Waals surface area contributed by atoms with E-state index in [0.29, 0.717) is 12.1 Å². The molecule has 1 unspecified atom stereocenters. The number of hydrogen-bond acceptors (Lipinski definition) is 5. The van der Waals surface area contributed by atoms with E-state index in [1.807, 2.05) is 36.4 Å². The van der Waals surface area contributed by atoms with Gasteiger partial charge in [0, 0.05) is 23.6 Å². The minimum atomic E-state index is -0.430. The maximum atomic E-state index is 12.8. The average molecular weight is 446 g/mol. The summed E-state index contributed by atoms with van der Waals surface area (Å²) in [5.41, 5.74) is 2.24. The van der Waals surface area contributed by atoms with Crippen molar-refractivity contribution in [2.24, 2.45) is 12.0 Å². The number of rotatable bonds is 2. The van der Waals surface area contributed by atoms with Crippen molar-refractivity contribution in [2.45, 2.75) is 16.6 Å². The number of nitrogens with one attached hydrogen (secondary N) is 1. The summed E-state index contributed by atoms with van der Waals surface area (Å²) in [6.07, 6.45) is 0.487. The standard InChI is InChI=1S/C24H19N3O2S2/c1-27-23(29)21(22(28)26-24(27)30)18-13-20(31-19-12-5-4-11-17(19)25-18)16-10-6-8-14-7-2-3-9-15(14)16/h2-12,20,29H,13H2,1H3,(H,26,28,30). The lowest BCUT2D eigenvalue weighted by molar-refractivity contribution is 0.419. The van der Waals surface area contributed by atoms with Crippen LogP contribution in [-0.2, 0) is 7.05 Å². The van der Waals surface area contributed by atoms with Gasteiger partial charge in [-0.3, -0.25) is 19.3 Å². The van der Waals surface area contributed by atoms with Crippen molar-refractivity contribution in [3.05, 3.63) is 93.0 Å². The molecule has 0 amide bonds. The van der Waals surface area contributed by atoms with Gasteiger partial charge in [-0.05, 0) is 40.7 Å². The van der Waals surface area contributed by atoms with Gasteiger partial charge in [0.15, 0.2) is 4.77 Å².